The molecule has 0 saturated carbocycles. The molecule has 2 aromatic heterocycles. The highest BCUT2D eigenvalue weighted by Gasteiger charge is 2.22. The monoisotopic (exact) mass is 412 g/mol. The fourth-order valence-corrected chi connectivity index (χ4v) is 3.08. The molecule has 7 nitrogen and oxygen atoms in total. The highest BCUT2D eigenvalue weighted by atomic mass is 16.3. The summed E-state index contributed by atoms with van der Waals surface area (Å²) in [6.07, 6.45) is 4.54. The third-order valence-corrected chi connectivity index (χ3v) is 4.68. The Hall–Kier alpha value is -4.26. The summed E-state index contributed by atoms with van der Waals surface area (Å²) in [5.74, 6) is -0.475. The zero-order valence-corrected chi connectivity index (χ0v) is 16.8. The second-order valence-electron chi connectivity index (χ2n) is 6.94. The van der Waals surface area contributed by atoms with Crippen molar-refractivity contribution in [3.63, 3.8) is 0 Å². The molecule has 4 rings (SSSR count). The number of nitrogens with zero attached hydrogens (tertiary/aromatic N) is 2. The summed E-state index contributed by atoms with van der Waals surface area (Å²) in [5, 5.41) is 5.68. The number of amides is 2. The lowest BCUT2D eigenvalue weighted by Gasteiger charge is -2.10. The van der Waals surface area contributed by atoms with E-state index in [1.54, 1.807) is 42.7 Å². The van der Waals surface area contributed by atoms with E-state index in [9.17, 15) is 9.59 Å². The van der Waals surface area contributed by atoms with E-state index in [1.807, 2.05) is 37.3 Å². The largest absolute Gasteiger partial charge is 0.443 e. The number of oxazole rings is 1. The van der Waals surface area contributed by atoms with Crippen molar-refractivity contribution in [3.8, 4) is 11.3 Å². The zero-order valence-electron chi connectivity index (χ0n) is 16.8. The van der Waals surface area contributed by atoms with E-state index in [0.29, 0.717) is 23.4 Å². The van der Waals surface area contributed by atoms with Gasteiger partial charge in [0.25, 0.3) is 11.8 Å². The van der Waals surface area contributed by atoms with E-state index in [2.05, 4.69) is 20.6 Å². The van der Waals surface area contributed by atoms with E-state index >= 15 is 0 Å². The first-order valence-corrected chi connectivity index (χ1v) is 9.70. The third kappa shape index (κ3) is 4.67. The number of pyridine rings is 1. The van der Waals surface area contributed by atoms with Crippen LogP contribution in [0.25, 0.3) is 11.3 Å². The van der Waals surface area contributed by atoms with Crippen molar-refractivity contribution < 1.29 is 14.0 Å². The smallest absolute Gasteiger partial charge is 0.274 e. The van der Waals surface area contributed by atoms with E-state index in [4.69, 9.17) is 4.42 Å². The maximum atomic E-state index is 12.9. The fraction of sp³-hybridized carbons (Fsp3) is 0.0833. The van der Waals surface area contributed by atoms with Crippen molar-refractivity contribution in [2.45, 2.75) is 13.5 Å². The van der Waals surface area contributed by atoms with Gasteiger partial charge in [0.1, 0.15) is 0 Å². The van der Waals surface area contributed by atoms with Gasteiger partial charge in [-0.25, -0.2) is 4.98 Å². The molecule has 2 heterocycles. The first kappa shape index (κ1) is 20.0. The van der Waals surface area contributed by atoms with Crippen LogP contribution in [0.15, 0.2) is 83.9 Å². The summed E-state index contributed by atoms with van der Waals surface area (Å²) in [6.45, 7) is 2.28. The molecule has 2 amide bonds. The number of aromatic nitrogens is 2. The van der Waals surface area contributed by atoms with E-state index in [1.165, 1.54) is 6.39 Å². The van der Waals surface area contributed by atoms with Gasteiger partial charge in [-0.1, -0.05) is 42.0 Å². The first-order valence-electron chi connectivity index (χ1n) is 9.70. The van der Waals surface area contributed by atoms with Gasteiger partial charge in [0.05, 0.1) is 5.56 Å². The van der Waals surface area contributed by atoms with Gasteiger partial charge < -0.3 is 15.1 Å². The van der Waals surface area contributed by atoms with E-state index in [-0.39, 0.29) is 17.4 Å². The molecule has 0 fully saturated rings. The molecule has 0 bridgehead atoms. The molecule has 2 N–H and O–H groups in total. The maximum Gasteiger partial charge on any atom is 0.274 e. The summed E-state index contributed by atoms with van der Waals surface area (Å²) in [7, 11) is 0. The van der Waals surface area contributed by atoms with Gasteiger partial charge >= 0.3 is 0 Å². The first-order chi connectivity index (χ1) is 15.1. The van der Waals surface area contributed by atoms with Gasteiger partial charge in [0.15, 0.2) is 17.8 Å². The highest BCUT2D eigenvalue weighted by molar-refractivity contribution is 6.09. The summed E-state index contributed by atoms with van der Waals surface area (Å²) >= 11 is 0. The van der Waals surface area contributed by atoms with Crippen molar-refractivity contribution >= 4 is 17.5 Å². The Morgan fingerprint density at radius 2 is 1.77 bits per heavy atom. The Kier molecular flexibility index (Phi) is 5.84. The van der Waals surface area contributed by atoms with Gasteiger partial charge in [-0.3, -0.25) is 14.6 Å². The fourth-order valence-electron chi connectivity index (χ4n) is 3.08. The Morgan fingerprint density at radius 3 is 2.55 bits per heavy atom. The Labute approximate surface area is 179 Å². The normalized spacial score (nSPS) is 10.5. The average Bonchev–Trinajstić information content (AvgIpc) is 3.29. The number of carbonyl (C=O) groups is 2. The van der Waals surface area contributed by atoms with Crippen LogP contribution in [0, 0.1) is 6.92 Å². The van der Waals surface area contributed by atoms with Gasteiger partial charge in [-0.2, -0.15) is 0 Å². The molecule has 2 aromatic carbocycles. The van der Waals surface area contributed by atoms with Crippen molar-refractivity contribution in [1.29, 1.82) is 0 Å². The maximum absolute atomic E-state index is 12.9. The molecule has 4 aromatic rings. The molecule has 0 spiro atoms. The standard InChI is InChI=1S/C24H20N4O3/c1-16-8-10-18(11-9-16)28-23(29)20-7-3-2-6-19(20)22-21(27-15-31-22)24(30)26-14-17-5-4-12-25-13-17/h2-13,15H,14H2,1H3,(H,26,30)(H,28,29). The number of hydrogen-bond acceptors (Lipinski definition) is 5. The van der Waals surface area contributed by atoms with Crippen LogP contribution in [0.3, 0.4) is 0 Å². The number of nitrogens with one attached hydrogen (secondary N) is 2. The molecule has 0 aliphatic rings. The zero-order chi connectivity index (χ0) is 21.6. The topological polar surface area (TPSA) is 97.1 Å². The third-order valence-electron chi connectivity index (χ3n) is 4.68. The minimum atomic E-state index is -0.402. The molecular weight excluding hydrogens is 392 g/mol. The lowest BCUT2D eigenvalue weighted by Crippen LogP contribution is -2.24. The van der Waals surface area contributed by atoms with Crippen LogP contribution in [-0.2, 0) is 6.54 Å². The number of benzene rings is 2. The number of carbonyl (C=O) groups excluding carboxylic acids is 2. The molecule has 31 heavy (non-hydrogen) atoms. The predicted octanol–water partition coefficient (Wildman–Crippen LogP) is 4.23. The Balaban J connectivity index is 1.57. The van der Waals surface area contributed by atoms with Crippen molar-refractivity contribution in [2.75, 3.05) is 5.32 Å². The summed E-state index contributed by atoms with van der Waals surface area (Å²) in [4.78, 5) is 33.8. The van der Waals surface area contributed by atoms with Crippen LogP contribution in [0.4, 0.5) is 5.69 Å². The van der Waals surface area contributed by atoms with Crippen LogP contribution in [0.5, 0.6) is 0 Å². The summed E-state index contributed by atoms with van der Waals surface area (Å²) in [6, 6.07) is 18.1. The minimum Gasteiger partial charge on any atom is -0.443 e. The van der Waals surface area contributed by atoms with E-state index < -0.39 is 5.91 Å². The van der Waals surface area contributed by atoms with Crippen LogP contribution in [0.2, 0.25) is 0 Å². The molecule has 0 aliphatic heterocycles. The lowest BCUT2D eigenvalue weighted by molar-refractivity contribution is 0.0945. The molecule has 0 aliphatic carbocycles. The van der Waals surface area contributed by atoms with Gasteiger partial charge in [-0.15, -0.1) is 0 Å². The number of hydrogen-bond donors (Lipinski definition) is 2. The second kappa shape index (κ2) is 9.04. The summed E-state index contributed by atoms with van der Waals surface area (Å²) in [5.41, 5.74) is 3.61. The summed E-state index contributed by atoms with van der Waals surface area (Å²) < 4.78 is 5.52. The molecule has 0 atom stereocenters. The highest BCUT2D eigenvalue weighted by Crippen LogP contribution is 2.27. The minimum absolute atomic E-state index is 0.111. The van der Waals surface area contributed by atoms with Gasteiger partial charge in [0, 0.05) is 30.2 Å². The second-order valence-corrected chi connectivity index (χ2v) is 6.94. The van der Waals surface area contributed by atoms with E-state index in [0.717, 1.165) is 11.1 Å². The molecule has 0 radical (unpaired) electrons. The van der Waals surface area contributed by atoms with Gasteiger partial charge in [0.2, 0.25) is 0 Å². The number of rotatable bonds is 6. The molecular formula is C24H20N4O3. The van der Waals surface area contributed by atoms with Crippen LogP contribution < -0.4 is 10.6 Å². The number of aryl methyl sites for hydroxylation is 1. The van der Waals surface area contributed by atoms with Crippen LogP contribution >= 0.6 is 0 Å². The Morgan fingerprint density at radius 1 is 0.968 bits per heavy atom. The predicted molar refractivity (Wildman–Crippen MR) is 116 cm³/mol. The van der Waals surface area contributed by atoms with Crippen LogP contribution in [-0.4, -0.2) is 21.8 Å². The average molecular weight is 412 g/mol. The SMILES string of the molecule is Cc1ccc(NC(=O)c2ccccc2-c2ocnc2C(=O)NCc2cccnc2)cc1. The quantitative estimate of drug-likeness (QED) is 0.494. The van der Waals surface area contributed by atoms with Crippen molar-refractivity contribution in [1.82, 2.24) is 15.3 Å². The van der Waals surface area contributed by atoms with Crippen molar-refractivity contribution in [3.05, 3.63) is 102 Å². The number of anilines is 1. The molecule has 0 unspecified atom stereocenters. The lowest BCUT2D eigenvalue weighted by atomic mass is 10.0. The Bertz CT molecular complexity index is 1200. The molecule has 7 heteroatoms. The van der Waals surface area contributed by atoms with Crippen LogP contribution in [0.1, 0.15) is 32.0 Å². The molecule has 0 saturated heterocycles. The molecule has 154 valence electrons. The van der Waals surface area contributed by atoms with Gasteiger partial charge in [-0.05, 0) is 36.8 Å². The van der Waals surface area contributed by atoms with Crippen molar-refractivity contribution in [2.24, 2.45) is 0 Å².